The summed E-state index contributed by atoms with van der Waals surface area (Å²) in [7, 11) is 0. The van der Waals surface area contributed by atoms with Gasteiger partial charge in [-0.1, -0.05) is 30.3 Å². The third-order valence-corrected chi connectivity index (χ3v) is 5.21. The molecule has 154 valence electrons. The summed E-state index contributed by atoms with van der Waals surface area (Å²) in [5, 5.41) is 2.49. The molecule has 0 radical (unpaired) electrons. The third-order valence-electron chi connectivity index (χ3n) is 5.21. The Bertz CT molecular complexity index is 827. The van der Waals surface area contributed by atoms with Gasteiger partial charge in [0.15, 0.2) is 0 Å². The molecule has 0 aliphatic carbocycles. The molecule has 29 heavy (non-hydrogen) atoms. The van der Waals surface area contributed by atoms with Gasteiger partial charge >= 0.3 is 6.18 Å². The maximum atomic E-state index is 12.6. The molecule has 4 nitrogen and oxygen atoms in total. The van der Waals surface area contributed by atoms with Crippen LogP contribution in [0.25, 0.3) is 0 Å². The Morgan fingerprint density at radius 3 is 2.17 bits per heavy atom. The summed E-state index contributed by atoms with van der Waals surface area (Å²) >= 11 is 0. The maximum absolute atomic E-state index is 12.6. The predicted molar refractivity (Wildman–Crippen MR) is 103 cm³/mol. The van der Waals surface area contributed by atoms with Crippen LogP contribution in [0.4, 0.5) is 13.2 Å². The first-order valence-corrected chi connectivity index (χ1v) is 9.60. The van der Waals surface area contributed by atoms with Gasteiger partial charge in [0.1, 0.15) is 0 Å². The minimum Gasteiger partial charge on any atom is -0.343 e. The quantitative estimate of drug-likeness (QED) is 0.821. The molecule has 1 aliphatic heterocycles. The lowest BCUT2D eigenvalue weighted by Crippen LogP contribution is -2.44. The van der Waals surface area contributed by atoms with Gasteiger partial charge in [0.05, 0.1) is 12.1 Å². The molecule has 0 spiro atoms. The molecule has 0 unspecified atom stereocenters. The number of benzene rings is 2. The summed E-state index contributed by atoms with van der Waals surface area (Å²) in [4.78, 5) is 26.2. The Balaban J connectivity index is 1.43. The lowest BCUT2D eigenvalue weighted by molar-refractivity contribution is -0.137. The number of nitrogens with zero attached hydrogens (tertiary/aromatic N) is 1. The monoisotopic (exact) mass is 404 g/mol. The minimum atomic E-state index is -4.45. The molecule has 1 saturated heterocycles. The molecule has 0 saturated carbocycles. The van der Waals surface area contributed by atoms with E-state index in [4.69, 9.17) is 0 Å². The minimum absolute atomic E-state index is 0.0902. The lowest BCUT2D eigenvalue weighted by Gasteiger charge is -2.32. The molecule has 2 aromatic rings. The van der Waals surface area contributed by atoms with Gasteiger partial charge < -0.3 is 10.2 Å². The summed E-state index contributed by atoms with van der Waals surface area (Å²) in [5.41, 5.74) is 0.567. The smallest absolute Gasteiger partial charge is 0.343 e. The van der Waals surface area contributed by atoms with E-state index < -0.39 is 17.6 Å². The number of nitrogens with one attached hydrogen (secondary N) is 1. The number of halogens is 3. The van der Waals surface area contributed by atoms with Crippen LogP contribution < -0.4 is 5.32 Å². The van der Waals surface area contributed by atoms with Crippen LogP contribution in [0.5, 0.6) is 0 Å². The van der Waals surface area contributed by atoms with Crippen LogP contribution in [-0.2, 0) is 17.4 Å². The maximum Gasteiger partial charge on any atom is 0.416 e. The van der Waals surface area contributed by atoms with Gasteiger partial charge in [-0.2, -0.15) is 13.2 Å². The molecule has 3 rings (SSSR count). The van der Waals surface area contributed by atoms with Crippen molar-refractivity contribution in [3.63, 3.8) is 0 Å². The van der Waals surface area contributed by atoms with Crippen LogP contribution in [0.3, 0.4) is 0 Å². The van der Waals surface area contributed by atoms with E-state index in [0.29, 0.717) is 19.0 Å². The first kappa shape index (κ1) is 20.9. The van der Waals surface area contributed by atoms with Gasteiger partial charge in [-0.15, -0.1) is 0 Å². The first-order valence-electron chi connectivity index (χ1n) is 9.60. The van der Waals surface area contributed by atoms with Crippen LogP contribution in [0.15, 0.2) is 54.6 Å². The molecule has 0 bridgehead atoms. The fourth-order valence-corrected chi connectivity index (χ4v) is 3.51. The molecule has 1 aliphatic rings. The van der Waals surface area contributed by atoms with Gasteiger partial charge in [-0.25, -0.2) is 0 Å². The second kappa shape index (κ2) is 9.11. The van der Waals surface area contributed by atoms with Crippen molar-refractivity contribution < 1.29 is 22.8 Å². The average molecular weight is 404 g/mol. The van der Waals surface area contributed by atoms with Crippen molar-refractivity contribution in [2.45, 2.75) is 25.4 Å². The fraction of sp³-hybridized carbons (Fsp3) is 0.364. The van der Waals surface area contributed by atoms with Gasteiger partial charge in [0.2, 0.25) is 5.91 Å². The van der Waals surface area contributed by atoms with Crippen molar-refractivity contribution >= 4 is 11.8 Å². The van der Waals surface area contributed by atoms with Crippen LogP contribution >= 0.6 is 0 Å². The second-order valence-electron chi connectivity index (χ2n) is 7.27. The van der Waals surface area contributed by atoms with Crippen molar-refractivity contribution in [3.8, 4) is 0 Å². The Morgan fingerprint density at radius 2 is 1.59 bits per heavy atom. The van der Waals surface area contributed by atoms with Crippen molar-refractivity contribution in [1.29, 1.82) is 0 Å². The summed E-state index contributed by atoms with van der Waals surface area (Å²) < 4.78 is 37.7. The molecule has 0 aromatic heterocycles. The van der Waals surface area contributed by atoms with E-state index >= 15 is 0 Å². The number of amides is 2. The zero-order valence-corrected chi connectivity index (χ0v) is 15.9. The summed E-state index contributed by atoms with van der Waals surface area (Å²) in [6.07, 6.45) is -1.63. The van der Waals surface area contributed by atoms with E-state index in [1.807, 2.05) is 18.2 Å². The highest BCUT2D eigenvalue weighted by molar-refractivity contribution is 5.96. The molecule has 1 heterocycles. The third kappa shape index (κ3) is 5.82. The highest BCUT2D eigenvalue weighted by atomic mass is 19.4. The second-order valence-corrected chi connectivity index (χ2v) is 7.27. The number of piperidine rings is 1. The summed E-state index contributed by atoms with van der Waals surface area (Å²) in [6, 6.07) is 14.2. The van der Waals surface area contributed by atoms with E-state index in [-0.39, 0.29) is 18.0 Å². The zero-order valence-electron chi connectivity index (χ0n) is 15.9. The van der Waals surface area contributed by atoms with Crippen molar-refractivity contribution in [2.24, 2.45) is 5.92 Å². The van der Waals surface area contributed by atoms with Gasteiger partial charge in [0.25, 0.3) is 5.91 Å². The molecule has 1 fully saturated rings. The van der Waals surface area contributed by atoms with Gasteiger partial charge in [-0.05, 0) is 55.0 Å². The lowest BCUT2D eigenvalue weighted by atomic mass is 9.90. The van der Waals surface area contributed by atoms with Crippen LogP contribution in [-0.4, -0.2) is 36.3 Å². The van der Waals surface area contributed by atoms with Crippen LogP contribution in [0, 0.1) is 5.92 Å². The van der Waals surface area contributed by atoms with E-state index in [0.717, 1.165) is 43.5 Å². The fourth-order valence-electron chi connectivity index (χ4n) is 3.51. The average Bonchev–Trinajstić information content (AvgIpc) is 2.72. The number of carbonyl (C=O) groups excluding carboxylic acids is 2. The Morgan fingerprint density at radius 1 is 0.966 bits per heavy atom. The first-order chi connectivity index (χ1) is 13.8. The number of rotatable bonds is 5. The van der Waals surface area contributed by atoms with E-state index in [9.17, 15) is 22.8 Å². The molecular formula is C22H23F3N2O2. The normalized spacial score (nSPS) is 15.2. The topological polar surface area (TPSA) is 49.4 Å². The molecule has 0 atom stereocenters. The Hall–Kier alpha value is -2.83. The highest BCUT2D eigenvalue weighted by Gasteiger charge is 2.30. The molecule has 2 aromatic carbocycles. The number of hydrogen-bond acceptors (Lipinski definition) is 2. The molecule has 7 heteroatoms. The molecule has 1 N–H and O–H groups in total. The summed E-state index contributed by atoms with van der Waals surface area (Å²) in [6.45, 7) is 1.13. The molecular weight excluding hydrogens is 381 g/mol. The SMILES string of the molecule is O=C(NCC(=O)N1CCC(Cc2ccccc2)CC1)c1ccc(C(F)(F)F)cc1. The summed E-state index contributed by atoms with van der Waals surface area (Å²) in [5.74, 6) is -0.211. The van der Waals surface area contributed by atoms with Crippen molar-refractivity contribution in [2.75, 3.05) is 19.6 Å². The number of hydrogen-bond donors (Lipinski definition) is 1. The number of likely N-dealkylation sites (tertiary alicyclic amines) is 1. The largest absolute Gasteiger partial charge is 0.416 e. The number of alkyl halides is 3. The predicted octanol–water partition coefficient (Wildman–Crippen LogP) is 3.92. The van der Waals surface area contributed by atoms with Crippen molar-refractivity contribution in [3.05, 3.63) is 71.3 Å². The number of carbonyl (C=O) groups is 2. The van der Waals surface area contributed by atoms with Crippen molar-refractivity contribution in [1.82, 2.24) is 10.2 Å². The molecule has 2 amide bonds. The Kier molecular flexibility index (Phi) is 6.56. The zero-order chi connectivity index (χ0) is 20.9. The van der Waals surface area contributed by atoms with Gasteiger partial charge in [0, 0.05) is 18.7 Å². The van der Waals surface area contributed by atoms with Crippen LogP contribution in [0.2, 0.25) is 0 Å². The highest BCUT2D eigenvalue weighted by Crippen LogP contribution is 2.29. The van der Waals surface area contributed by atoms with E-state index in [1.165, 1.54) is 5.56 Å². The van der Waals surface area contributed by atoms with E-state index in [2.05, 4.69) is 17.4 Å². The van der Waals surface area contributed by atoms with Gasteiger partial charge in [-0.3, -0.25) is 9.59 Å². The Labute approximate surface area is 167 Å². The van der Waals surface area contributed by atoms with E-state index in [1.54, 1.807) is 4.90 Å². The standard InChI is InChI=1S/C22H23F3N2O2/c23-22(24,25)19-8-6-18(7-9-19)21(29)26-15-20(28)27-12-10-17(11-13-27)14-16-4-2-1-3-5-16/h1-9,17H,10-15H2,(H,26,29). The van der Waals surface area contributed by atoms with Crippen LogP contribution in [0.1, 0.15) is 34.3 Å².